The number of aliphatic hydroxyl groups excluding tert-OH is 1. The fourth-order valence-corrected chi connectivity index (χ4v) is 2.12. The summed E-state index contributed by atoms with van der Waals surface area (Å²) in [5.74, 6) is -1.39. The number of amides is 1. The summed E-state index contributed by atoms with van der Waals surface area (Å²) < 4.78 is 5.44. The summed E-state index contributed by atoms with van der Waals surface area (Å²) in [7, 11) is 0. The van der Waals surface area contributed by atoms with Gasteiger partial charge in [0.1, 0.15) is 18.5 Å². The molecule has 0 fully saturated rings. The van der Waals surface area contributed by atoms with Crippen molar-refractivity contribution in [3.05, 3.63) is 65.2 Å². The second-order valence-electron chi connectivity index (χ2n) is 5.32. The average Bonchev–Trinajstić information content (AvgIpc) is 2.58. The minimum absolute atomic E-state index is 0.00582. The molecular weight excluding hydrogens is 310 g/mol. The molecule has 0 aliphatic carbocycles. The van der Waals surface area contributed by atoms with E-state index in [1.54, 1.807) is 12.1 Å². The fourth-order valence-electron chi connectivity index (χ4n) is 2.12. The van der Waals surface area contributed by atoms with Gasteiger partial charge in [0.2, 0.25) is 0 Å². The quantitative estimate of drug-likeness (QED) is 0.772. The number of carboxylic acids is 1. The zero-order valence-electron chi connectivity index (χ0n) is 13.2. The second kappa shape index (κ2) is 8.12. The van der Waals surface area contributed by atoms with Crippen LogP contribution in [0, 0.1) is 6.92 Å². The molecule has 0 aliphatic heterocycles. The molecule has 0 radical (unpaired) electrons. The number of hydrogen-bond acceptors (Lipinski definition) is 5. The molecule has 2 aromatic rings. The van der Waals surface area contributed by atoms with Crippen molar-refractivity contribution in [1.29, 1.82) is 0 Å². The minimum Gasteiger partial charge on any atom is -0.545 e. The van der Waals surface area contributed by atoms with E-state index in [4.69, 9.17) is 4.74 Å². The standard InChI is InChI=1S/C18H19NO5/c1-12-5-4-6-14(9-12)24-11-13(20)10-19-17(21)15-7-2-3-8-16(15)18(22)23/h2-9,13,20H,10-11H2,1H3,(H,19,21)(H,22,23)/p-1/t13-/m1/s1. The summed E-state index contributed by atoms with van der Waals surface area (Å²) in [4.78, 5) is 23.0. The van der Waals surface area contributed by atoms with Crippen molar-refractivity contribution in [2.45, 2.75) is 13.0 Å². The number of hydrogen-bond donors (Lipinski definition) is 2. The maximum absolute atomic E-state index is 12.0. The maximum atomic E-state index is 12.0. The van der Waals surface area contributed by atoms with Gasteiger partial charge in [0.15, 0.2) is 0 Å². The summed E-state index contributed by atoms with van der Waals surface area (Å²) in [5, 5.41) is 23.4. The van der Waals surface area contributed by atoms with E-state index >= 15 is 0 Å². The van der Waals surface area contributed by atoms with E-state index in [0.717, 1.165) is 5.56 Å². The molecule has 24 heavy (non-hydrogen) atoms. The Kier molecular flexibility index (Phi) is 5.92. The Labute approximate surface area is 139 Å². The van der Waals surface area contributed by atoms with Gasteiger partial charge in [0.05, 0.1) is 5.97 Å². The van der Waals surface area contributed by atoms with Crippen LogP contribution >= 0.6 is 0 Å². The highest BCUT2D eigenvalue weighted by atomic mass is 16.5. The van der Waals surface area contributed by atoms with Crippen molar-refractivity contribution >= 4 is 11.9 Å². The van der Waals surface area contributed by atoms with Gasteiger partial charge in [0, 0.05) is 17.7 Å². The molecule has 0 heterocycles. The van der Waals surface area contributed by atoms with Crippen molar-refractivity contribution < 1.29 is 24.5 Å². The summed E-state index contributed by atoms with van der Waals surface area (Å²) in [6, 6.07) is 13.1. The Morgan fingerprint density at radius 2 is 1.88 bits per heavy atom. The first-order valence-corrected chi connectivity index (χ1v) is 7.43. The molecule has 2 N–H and O–H groups in total. The van der Waals surface area contributed by atoms with Crippen LogP contribution in [-0.4, -0.2) is 36.2 Å². The number of carbonyl (C=O) groups is 2. The largest absolute Gasteiger partial charge is 0.545 e. The number of aromatic carboxylic acids is 1. The zero-order valence-corrected chi connectivity index (χ0v) is 13.2. The Morgan fingerprint density at radius 1 is 1.17 bits per heavy atom. The third kappa shape index (κ3) is 4.82. The molecule has 0 aliphatic rings. The maximum Gasteiger partial charge on any atom is 0.252 e. The first kappa shape index (κ1) is 17.5. The van der Waals surface area contributed by atoms with Crippen molar-refractivity contribution in [3.8, 4) is 5.75 Å². The average molecular weight is 328 g/mol. The molecule has 0 unspecified atom stereocenters. The van der Waals surface area contributed by atoms with E-state index in [9.17, 15) is 19.8 Å². The van der Waals surface area contributed by atoms with Crippen LogP contribution in [0.3, 0.4) is 0 Å². The molecule has 0 aromatic heterocycles. The number of carboxylic acid groups (broad SMARTS) is 1. The SMILES string of the molecule is Cc1cccc(OC[C@H](O)CNC(=O)c2ccccc2C(=O)[O-])c1. The molecular formula is C18H18NO5-. The monoisotopic (exact) mass is 328 g/mol. The summed E-state index contributed by atoms with van der Waals surface area (Å²) in [5.41, 5.74) is 0.832. The lowest BCUT2D eigenvalue weighted by Crippen LogP contribution is -2.36. The molecule has 126 valence electrons. The predicted octanol–water partition coefficient (Wildman–Crippen LogP) is 0.528. The Morgan fingerprint density at radius 3 is 2.54 bits per heavy atom. The number of aryl methyl sites for hydroxylation is 1. The van der Waals surface area contributed by atoms with Gasteiger partial charge in [-0.3, -0.25) is 4.79 Å². The van der Waals surface area contributed by atoms with Crippen LogP contribution in [-0.2, 0) is 0 Å². The molecule has 6 nitrogen and oxygen atoms in total. The van der Waals surface area contributed by atoms with Gasteiger partial charge in [-0.05, 0) is 30.7 Å². The summed E-state index contributed by atoms with van der Waals surface area (Å²) >= 11 is 0. The molecule has 0 saturated carbocycles. The Bertz CT molecular complexity index is 729. The molecule has 2 rings (SSSR count). The number of ether oxygens (including phenoxy) is 1. The number of aliphatic hydroxyl groups is 1. The van der Waals surface area contributed by atoms with Crippen LogP contribution in [0.25, 0.3) is 0 Å². The van der Waals surface area contributed by atoms with Crippen LogP contribution in [0.5, 0.6) is 5.75 Å². The van der Waals surface area contributed by atoms with Crippen LogP contribution in [0.2, 0.25) is 0 Å². The Balaban J connectivity index is 1.86. The van der Waals surface area contributed by atoms with Gasteiger partial charge in [-0.15, -0.1) is 0 Å². The fraction of sp³-hybridized carbons (Fsp3) is 0.222. The third-order valence-electron chi connectivity index (χ3n) is 3.32. The first-order chi connectivity index (χ1) is 11.5. The molecule has 6 heteroatoms. The summed E-state index contributed by atoms with van der Waals surface area (Å²) in [6.45, 7) is 1.87. The highest BCUT2D eigenvalue weighted by molar-refractivity contribution is 6.04. The van der Waals surface area contributed by atoms with E-state index in [-0.39, 0.29) is 24.3 Å². The van der Waals surface area contributed by atoms with Gasteiger partial charge in [-0.2, -0.15) is 0 Å². The molecule has 2 aromatic carbocycles. The van der Waals surface area contributed by atoms with Gasteiger partial charge < -0.3 is 25.1 Å². The van der Waals surface area contributed by atoms with Gasteiger partial charge in [-0.25, -0.2) is 0 Å². The molecule has 0 saturated heterocycles. The first-order valence-electron chi connectivity index (χ1n) is 7.43. The van der Waals surface area contributed by atoms with Crippen LogP contribution in [0.15, 0.2) is 48.5 Å². The second-order valence-corrected chi connectivity index (χ2v) is 5.32. The van der Waals surface area contributed by atoms with E-state index in [1.807, 2.05) is 25.1 Å². The van der Waals surface area contributed by atoms with Gasteiger partial charge in [-0.1, -0.05) is 30.3 Å². The molecule has 1 atom stereocenters. The lowest BCUT2D eigenvalue weighted by Gasteiger charge is -2.15. The molecule has 0 bridgehead atoms. The third-order valence-corrected chi connectivity index (χ3v) is 3.32. The highest BCUT2D eigenvalue weighted by Crippen LogP contribution is 2.12. The highest BCUT2D eigenvalue weighted by Gasteiger charge is 2.13. The smallest absolute Gasteiger partial charge is 0.252 e. The number of benzene rings is 2. The molecule has 1 amide bonds. The van der Waals surface area contributed by atoms with Gasteiger partial charge >= 0.3 is 0 Å². The van der Waals surface area contributed by atoms with E-state index in [1.165, 1.54) is 18.2 Å². The Hall–Kier alpha value is -2.86. The normalized spacial score (nSPS) is 11.6. The van der Waals surface area contributed by atoms with E-state index in [0.29, 0.717) is 5.75 Å². The number of rotatable bonds is 7. The van der Waals surface area contributed by atoms with Crippen LogP contribution in [0.4, 0.5) is 0 Å². The van der Waals surface area contributed by atoms with E-state index in [2.05, 4.69) is 5.32 Å². The summed E-state index contributed by atoms with van der Waals surface area (Å²) in [6.07, 6.45) is -0.926. The van der Waals surface area contributed by atoms with Gasteiger partial charge in [0.25, 0.3) is 5.91 Å². The number of carbonyl (C=O) groups excluding carboxylic acids is 2. The lowest BCUT2D eigenvalue weighted by molar-refractivity contribution is -0.255. The van der Waals surface area contributed by atoms with E-state index < -0.39 is 18.0 Å². The van der Waals surface area contributed by atoms with Crippen molar-refractivity contribution in [1.82, 2.24) is 5.32 Å². The molecule has 0 spiro atoms. The zero-order chi connectivity index (χ0) is 17.5. The van der Waals surface area contributed by atoms with Crippen molar-refractivity contribution in [2.24, 2.45) is 0 Å². The predicted molar refractivity (Wildman–Crippen MR) is 85.8 cm³/mol. The van der Waals surface area contributed by atoms with Crippen molar-refractivity contribution in [3.63, 3.8) is 0 Å². The van der Waals surface area contributed by atoms with Crippen molar-refractivity contribution in [2.75, 3.05) is 13.2 Å². The van der Waals surface area contributed by atoms with Crippen LogP contribution < -0.4 is 15.2 Å². The number of nitrogens with one attached hydrogen (secondary N) is 1. The van der Waals surface area contributed by atoms with Crippen LogP contribution in [0.1, 0.15) is 26.3 Å². The minimum atomic E-state index is -1.43. The topological polar surface area (TPSA) is 98.7 Å². The lowest BCUT2D eigenvalue weighted by atomic mass is 10.1.